The summed E-state index contributed by atoms with van der Waals surface area (Å²) >= 11 is 0. The molecular formula is C25H32N6O3. The third-order valence-electron chi connectivity index (χ3n) is 7.40. The van der Waals surface area contributed by atoms with Crippen molar-refractivity contribution in [2.45, 2.75) is 52.0 Å². The summed E-state index contributed by atoms with van der Waals surface area (Å²) in [6.45, 7) is 8.60. The lowest BCUT2D eigenvalue weighted by Crippen LogP contribution is -2.52. The van der Waals surface area contributed by atoms with Crippen molar-refractivity contribution in [3.8, 4) is 0 Å². The molecule has 3 heterocycles. The molecule has 3 N–H and O–H groups in total. The Morgan fingerprint density at radius 1 is 1.15 bits per heavy atom. The fourth-order valence-corrected chi connectivity index (χ4v) is 5.61. The molecule has 0 bridgehead atoms. The zero-order valence-electron chi connectivity index (χ0n) is 20.2. The minimum Gasteiger partial charge on any atom is -0.354 e. The number of nitrogens with one attached hydrogen (secondary N) is 3. The summed E-state index contributed by atoms with van der Waals surface area (Å²) in [7, 11) is 1.54. The number of carbonyl (C=O) groups is 3. The Labute approximate surface area is 198 Å². The molecule has 1 saturated heterocycles. The number of aromatic amines is 1. The van der Waals surface area contributed by atoms with Crippen molar-refractivity contribution in [1.29, 1.82) is 0 Å². The molecule has 1 fully saturated rings. The summed E-state index contributed by atoms with van der Waals surface area (Å²) in [6, 6.07) is 5.16. The van der Waals surface area contributed by atoms with Gasteiger partial charge < -0.3 is 10.6 Å². The predicted molar refractivity (Wildman–Crippen MR) is 128 cm³/mol. The molecule has 0 unspecified atom stereocenters. The monoisotopic (exact) mass is 464 g/mol. The van der Waals surface area contributed by atoms with Crippen molar-refractivity contribution in [2.75, 3.05) is 26.7 Å². The molecule has 2 amide bonds. The maximum Gasteiger partial charge on any atom is 0.273 e. The molecular weight excluding hydrogens is 432 g/mol. The number of hydrogen-bond donors (Lipinski definition) is 3. The maximum absolute atomic E-state index is 13.9. The number of ketones is 1. The number of amides is 2. The fourth-order valence-electron chi connectivity index (χ4n) is 5.61. The lowest BCUT2D eigenvalue weighted by atomic mass is 9.67. The van der Waals surface area contributed by atoms with Gasteiger partial charge in [-0.05, 0) is 82.3 Å². The molecule has 9 nitrogen and oxygen atoms in total. The van der Waals surface area contributed by atoms with Crippen molar-refractivity contribution < 1.29 is 14.4 Å². The number of piperidine rings is 1. The number of nitrogens with zero attached hydrogens (tertiary/aromatic N) is 3. The van der Waals surface area contributed by atoms with Gasteiger partial charge in [0.2, 0.25) is 0 Å². The largest absolute Gasteiger partial charge is 0.354 e. The van der Waals surface area contributed by atoms with Gasteiger partial charge in [-0.15, -0.1) is 0 Å². The number of benzene rings is 1. The predicted octanol–water partition coefficient (Wildman–Crippen LogP) is 2.38. The van der Waals surface area contributed by atoms with E-state index in [1.54, 1.807) is 30.3 Å². The highest BCUT2D eigenvalue weighted by molar-refractivity contribution is 6.09. The van der Waals surface area contributed by atoms with E-state index in [0.717, 1.165) is 37.9 Å². The second-order valence-electron chi connectivity index (χ2n) is 10.7. The van der Waals surface area contributed by atoms with E-state index < -0.39 is 0 Å². The van der Waals surface area contributed by atoms with Crippen molar-refractivity contribution in [3.63, 3.8) is 0 Å². The van der Waals surface area contributed by atoms with E-state index in [0.29, 0.717) is 35.1 Å². The highest BCUT2D eigenvalue weighted by Crippen LogP contribution is 2.48. The molecule has 34 heavy (non-hydrogen) atoms. The molecule has 1 aromatic carbocycles. The Morgan fingerprint density at radius 3 is 2.56 bits per heavy atom. The number of rotatable bonds is 2. The number of carbonyl (C=O) groups excluding carboxylic acids is 3. The Balaban J connectivity index is 1.56. The highest BCUT2D eigenvalue weighted by Gasteiger charge is 2.49. The molecule has 0 atom stereocenters. The SMILES string of the molecule is CNC(=O)c1n[nH]c2ccc(C(=O)N3C4=C(CN3C(C)(C)C)CC3(CCNCC3)CC4=O)cc12. The Hall–Kier alpha value is -3.04. The first kappa shape index (κ1) is 22.7. The minimum absolute atomic E-state index is 0.00188. The number of allylic oxidation sites excluding steroid dienone is 1. The molecule has 1 aliphatic carbocycles. The van der Waals surface area contributed by atoms with Crippen LogP contribution in [0.2, 0.25) is 0 Å². The molecule has 9 heteroatoms. The van der Waals surface area contributed by atoms with E-state index in [1.807, 2.05) is 5.01 Å². The van der Waals surface area contributed by atoms with Crippen molar-refractivity contribution in [3.05, 3.63) is 40.7 Å². The van der Waals surface area contributed by atoms with Gasteiger partial charge in [0.25, 0.3) is 11.8 Å². The van der Waals surface area contributed by atoms with Gasteiger partial charge in [0.05, 0.1) is 5.52 Å². The van der Waals surface area contributed by atoms with Crippen LogP contribution in [-0.4, -0.2) is 70.0 Å². The number of aromatic nitrogens is 2. The highest BCUT2D eigenvalue weighted by atomic mass is 16.2. The first-order valence-electron chi connectivity index (χ1n) is 11.9. The lowest BCUT2D eigenvalue weighted by Gasteiger charge is -2.41. The van der Waals surface area contributed by atoms with Crippen LogP contribution < -0.4 is 10.6 Å². The van der Waals surface area contributed by atoms with Crippen molar-refractivity contribution in [2.24, 2.45) is 5.41 Å². The Morgan fingerprint density at radius 2 is 1.88 bits per heavy atom. The van der Waals surface area contributed by atoms with E-state index in [1.165, 1.54) is 0 Å². The molecule has 2 aromatic rings. The number of H-pyrrole nitrogens is 1. The second kappa shape index (κ2) is 8.02. The number of Topliss-reactive ketones (excluding diaryl/α,β-unsaturated/α-hetero) is 1. The van der Waals surface area contributed by atoms with Gasteiger partial charge in [-0.3, -0.25) is 19.5 Å². The van der Waals surface area contributed by atoms with Crippen LogP contribution in [0.15, 0.2) is 29.5 Å². The Bertz CT molecular complexity index is 1210. The summed E-state index contributed by atoms with van der Waals surface area (Å²) < 4.78 is 0. The number of hydrogen-bond acceptors (Lipinski definition) is 6. The van der Waals surface area contributed by atoms with Crippen LogP contribution in [0.25, 0.3) is 10.9 Å². The molecule has 5 rings (SSSR count). The molecule has 1 spiro atoms. The molecule has 0 saturated carbocycles. The van der Waals surface area contributed by atoms with Crippen LogP contribution in [0.1, 0.15) is 67.3 Å². The minimum atomic E-state index is -0.360. The van der Waals surface area contributed by atoms with Gasteiger partial charge in [-0.1, -0.05) is 0 Å². The van der Waals surface area contributed by atoms with Crippen LogP contribution in [0.4, 0.5) is 0 Å². The van der Waals surface area contributed by atoms with E-state index in [2.05, 4.69) is 41.6 Å². The van der Waals surface area contributed by atoms with Crippen molar-refractivity contribution >= 4 is 28.5 Å². The average molecular weight is 465 g/mol. The zero-order valence-corrected chi connectivity index (χ0v) is 20.2. The second-order valence-corrected chi connectivity index (χ2v) is 10.7. The van der Waals surface area contributed by atoms with Gasteiger partial charge in [0.15, 0.2) is 11.5 Å². The van der Waals surface area contributed by atoms with Gasteiger partial charge in [-0.25, -0.2) is 10.0 Å². The van der Waals surface area contributed by atoms with Crippen LogP contribution in [-0.2, 0) is 4.79 Å². The summed E-state index contributed by atoms with van der Waals surface area (Å²) in [5.41, 5.74) is 2.58. The van der Waals surface area contributed by atoms with Gasteiger partial charge in [0.1, 0.15) is 5.70 Å². The number of fused-ring (bicyclic) bond motifs is 1. The summed E-state index contributed by atoms with van der Waals surface area (Å²) in [5, 5.41) is 17.1. The summed E-state index contributed by atoms with van der Waals surface area (Å²) in [5.74, 6) is -0.535. The topological polar surface area (TPSA) is 110 Å². The van der Waals surface area contributed by atoms with Crippen LogP contribution in [0, 0.1) is 5.41 Å². The van der Waals surface area contributed by atoms with E-state index in [9.17, 15) is 14.4 Å². The van der Waals surface area contributed by atoms with Gasteiger partial charge in [-0.2, -0.15) is 5.10 Å². The molecule has 2 aliphatic heterocycles. The summed E-state index contributed by atoms with van der Waals surface area (Å²) in [6.07, 6.45) is 3.31. The molecule has 180 valence electrons. The van der Waals surface area contributed by atoms with Gasteiger partial charge >= 0.3 is 0 Å². The van der Waals surface area contributed by atoms with Crippen molar-refractivity contribution in [1.82, 2.24) is 30.8 Å². The van der Waals surface area contributed by atoms with E-state index in [-0.39, 0.29) is 34.2 Å². The quantitative estimate of drug-likeness (QED) is 0.630. The van der Waals surface area contributed by atoms with E-state index >= 15 is 0 Å². The van der Waals surface area contributed by atoms with E-state index in [4.69, 9.17) is 0 Å². The first-order chi connectivity index (χ1) is 16.1. The Kier molecular flexibility index (Phi) is 5.37. The fraction of sp³-hybridized carbons (Fsp3) is 0.520. The standard InChI is InChI=1S/C25H32N6O3/c1-24(2,3)30-14-16-12-25(7-9-27-10-8-25)13-19(32)21(16)31(30)23(34)15-5-6-18-17(11-15)20(29-28-18)22(33)26-4/h5-6,11,27H,7-10,12-14H2,1-4H3,(H,26,33)(H,28,29). The third-order valence-corrected chi connectivity index (χ3v) is 7.40. The zero-order chi connectivity index (χ0) is 24.3. The van der Waals surface area contributed by atoms with Crippen LogP contribution >= 0.6 is 0 Å². The molecule has 1 aromatic heterocycles. The normalized spacial score (nSPS) is 20.8. The maximum atomic E-state index is 13.9. The van der Waals surface area contributed by atoms with Crippen LogP contribution in [0.5, 0.6) is 0 Å². The average Bonchev–Trinajstić information content (AvgIpc) is 3.40. The third kappa shape index (κ3) is 3.63. The lowest BCUT2D eigenvalue weighted by molar-refractivity contribution is -0.122. The molecule has 3 aliphatic rings. The molecule has 0 radical (unpaired) electrons. The summed E-state index contributed by atoms with van der Waals surface area (Å²) in [4.78, 5) is 39.7. The van der Waals surface area contributed by atoms with Gasteiger partial charge in [0, 0.05) is 36.5 Å². The van der Waals surface area contributed by atoms with Crippen LogP contribution in [0.3, 0.4) is 0 Å². The smallest absolute Gasteiger partial charge is 0.273 e. The first-order valence-corrected chi connectivity index (χ1v) is 11.9. The number of hydrazine groups is 1.